The minimum atomic E-state index is -0.213. The van der Waals surface area contributed by atoms with E-state index in [2.05, 4.69) is 19.1 Å². The molecule has 5 rings (SSSR count). The van der Waals surface area contributed by atoms with Crippen molar-refractivity contribution in [3.05, 3.63) is 12.2 Å². The molecule has 20 heavy (non-hydrogen) atoms. The number of fused-ring (bicyclic) bond motifs is 9. The van der Waals surface area contributed by atoms with Gasteiger partial charge in [-0.25, -0.2) is 0 Å². The molecule has 0 aromatic rings. The summed E-state index contributed by atoms with van der Waals surface area (Å²) < 4.78 is 6.41. The van der Waals surface area contributed by atoms with Gasteiger partial charge in [0.25, 0.3) is 0 Å². The second-order valence-electron chi connectivity index (χ2n) is 8.12. The number of allylic oxidation sites excluding steroid dienone is 2. The van der Waals surface area contributed by atoms with E-state index in [1.54, 1.807) is 0 Å². The topological polar surface area (TPSA) is 29.5 Å². The Morgan fingerprint density at radius 3 is 2.75 bits per heavy atom. The molecule has 0 amide bonds. The van der Waals surface area contributed by atoms with E-state index in [0.717, 1.165) is 11.8 Å². The van der Waals surface area contributed by atoms with Crippen LogP contribution in [0.25, 0.3) is 0 Å². The molecule has 0 spiro atoms. The maximum Gasteiger partial charge on any atom is 0.0882 e. The van der Waals surface area contributed by atoms with Crippen LogP contribution in [-0.4, -0.2) is 23.4 Å². The number of hydrogen-bond acceptors (Lipinski definition) is 2. The summed E-state index contributed by atoms with van der Waals surface area (Å²) in [4.78, 5) is 0. The molecule has 8 atom stereocenters. The average Bonchev–Trinajstić information content (AvgIpc) is 3.20. The summed E-state index contributed by atoms with van der Waals surface area (Å²) in [6.07, 6.45) is 13.6. The van der Waals surface area contributed by atoms with E-state index in [1.807, 2.05) is 0 Å². The number of hydrogen-bond donors (Lipinski definition) is 1. The number of aliphatic hydroxyl groups is 1. The van der Waals surface area contributed by atoms with Crippen molar-refractivity contribution in [3.63, 3.8) is 0 Å². The molecule has 2 heterocycles. The van der Waals surface area contributed by atoms with E-state index in [9.17, 15) is 5.11 Å². The van der Waals surface area contributed by atoms with E-state index in [4.69, 9.17) is 4.74 Å². The second kappa shape index (κ2) is 3.89. The Bertz CT molecular complexity index is 452. The van der Waals surface area contributed by atoms with Gasteiger partial charge in [0.15, 0.2) is 0 Å². The lowest BCUT2D eigenvalue weighted by molar-refractivity contribution is -0.0549. The van der Waals surface area contributed by atoms with E-state index < -0.39 is 0 Å². The lowest BCUT2D eigenvalue weighted by atomic mass is 9.50. The fourth-order valence-electron chi connectivity index (χ4n) is 7.04. The predicted molar refractivity (Wildman–Crippen MR) is 77.1 cm³/mol. The Morgan fingerprint density at radius 2 is 1.95 bits per heavy atom. The first-order valence-electron chi connectivity index (χ1n) is 8.76. The highest BCUT2D eigenvalue weighted by Crippen LogP contribution is 2.72. The Balaban J connectivity index is 1.62. The Morgan fingerprint density at radius 1 is 1.15 bits per heavy atom. The standard InChI is InChI=1S/C18H26O2/c1-10-15(19)16-14-11-7-8-13(9-11)18(14,17(10)20-16)12-5-3-2-4-6-12/h7-8,10-17,19H,2-6,9H2,1H3. The van der Waals surface area contributed by atoms with Gasteiger partial charge in [0.2, 0.25) is 0 Å². The maximum absolute atomic E-state index is 10.5. The van der Waals surface area contributed by atoms with Gasteiger partial charge in [-0.05, 0) is 37.0 Å². The summed E-state index contributed by atoms with van der Waals surface area (Å²) in [7, 11) is 0. The molecular formula is C18H26O2. The zero-order valence-electron chi connectivity index (χ0n) is 12.4. The van der Waals surface area contributed by atoms with Crippen LogP contribution in [0.1, 0.15) is 45.4 Å². The molecule has 1 N–H and O–H groups in total. The van der Waals surface area contributed by atoms with Crippen LogP contribution in [0, 0.1) is 35.0 Å². The summed E-state index contributed by atoms with van der Waals surface area (Å²) in [5, 5.41) is 10.5. The molecule has 110 valence electrons. The van der Waals surface area contributed by atoms with Gasteiger partial charge in [0, 0.05) is 17.3 Å². The third kappa shape index (κ3) is 1.17. The number of ether oxygens (including phenoxy) is 1. The Labute approximate surface area is 121 Å². The lowest BCUT2D eigenvalue weighted by Gasteiger charge is -2.52. The van der Waals surface area contributed by atoms with Crippen molar-refractivity contribution in [1.82, 2.24) is 0 Å². The smallest absolute Gasteiger partial charge is 0.0882 e. The van der Waals surface area contributed by atoms with Crippen molar-refractivity contribution in [3.8, 4) is 0 Å². The van der Waals surface area contributed by atoms with Crippen molar-refractivity contribution >= 4 is 0 Å². The normalized spacial score (nSPS) is 60.4. The summed E-state index contributed by atoms with van der Waals surface area (Å²) >= 11 is 0. The number of aliphatic hydroxyl groups excluding tert-OH is 1. The Kier molecular flexibility index (Phi) is 2.38. The molecular weight excluding hydrogens is 248 g/mol. The van der Waals surface area contributed by atoms with Crippen LogP contribution < -0.4 is 0 Å². The average molecular weight is 274 g/mol. The van der Waals surface area contributed by atoms with Crippen LogP contribution >= 0.6 is 0 Å². The van der Waals surface area contributed by atoms with Crippen molar-refractivity contribution in [2.45, 2.75) is 63.8 Å². The van der Waals surface area contributed by atoms with E-state index in [1.165, 1.54) is 38.5 Å². The van der Waals surface area contributed by atoms with Gasteiger partial charge in [-0.15, -0.1) is 0 Å². The molecule has 2 saturated carbocycles. The third-order valence-electron chi connectivity index (χ3n) is 7.61. The molecule has 0 aromatic heterocycles. The van der Waals surface area contributed by atoms with Gasteiger partial charge in [-0.1, -0.05) is 38.3 Å². The quantitative estimate of drug-likeness (QED) is 0.744. The second-order valence-corrected chi connectivity index (χ2v) is 8.12. The third-order valence-corrected chi connectivity index (χ3v) is 7.61. The fourth-order valence-corrected chi connectivity index (χ4v) is 7.04. The van der Waals surface area contributed by atoms with Gasteiger partial charge < -0.3 is 9.84 Å². The molecule has 4 bridgehead atoms. The summed E-state index contributed by atoms with van der Waals surface area (Å²) in [5.41, 5.74) is 0.392. The van der Waals surface area contributed by atoms with Crippen LogP contribution in [0.3, 0.4) is 0 Å². The van der Waals surface area contributed by atoms with Gasteiger partial charge in [0.1, 0.15) is 0 Å². The number of rotatable bonds is 1. The SMILES string of the molecule is CC1C(O)C2OC1C1(C3CCCCC3)C3C=CC(C3)C21. The molecule has 8 unspecified atom stereocenters. The van der Waals surface area contributed by atoms with Crippen LogP contribution in [0.2, 0.25) is 0 Å². The Hall–Kier alpha value is -0.340. The van der Waals surface area contributed by atoms with Gasteiger partial charge >= 0.3 is 0 Å². The first kappa shape index (κ1) is 12.2. The first-order valence-corrected chi connectivity index (χ1v) is 8.76. The highest BCUT2D eigenvalue weighted by atomic mass is 16.5. The van der Waals surface area contributed by atoms with Crippen molar-refractivity contribution in [2.75, 3.05) is 0 Å². The zero-order valence-corrected chi connectivity index (χ0v) is 12.4. The van der Waals surface area contributed by atoms with Crippen LogP contribution in [-0.2, 0) is 4.74 Å². The fraction of sp³-hybridized carbons (Fsp3) is 0.889. The van der Waals surface area contributed by atoms with E-state index >= 15 is 0 Å². The summed E-state index contributed by atoms with van der Waals surface area (Å²) in [6.45, 7) is 2.23. The maximum atomic E-state index is 10.5. The molecule has 3 aliphatic carbocycles. The van der Waals surface area contributed by atoms with Crippen LogP contribution in [0.5, 0.6) is 0 Å². The van der Waals surface area contributed by atoms with Gasteiger partial charge in [-0.3, -0.25) is 0 Å². The van der Waals surface area contributed by atoms with Gasteiger partial charge in [0.05, 0.1) is 18.3 Å². The van der Waals surface area contributed by atoms with Crippen molar-refractivity contribution < 1.29 is 9.84 Å². The summed E-state index contributed by atoms with van der Waals surface area (Å²) in [5.74, 6) is 3.25. The molecule has 0 radical (unpaired) electrons. The molecule has 2 nitrogen and oxygen atoms in total. The lowest BCUT2D eigenvalue weighted by Crippen LogP contribution is -2.55. The molecule has 5 aliphatic rings. The minimum Gasteiger partial charge on any atom is -0.390 e. The minimum absolute atomic E-state index is 0.136. The molecule has 2 heteroatoms. The van der Waals surface area contributed by atoms with E-state index in [0.29, 0.717) is 29.3 Å². The highest BCUT2D eigenvalue weighted by molar-refractivity contribution is 5.29. The molecule has 2 saturated heterocycles. The molecule has 0 aromatic carbocycles. The van der Waals surface area contributed by atoms with E-state index in [-0.39, 0.29) is 12.2 Å². The largest absolute Gasteiger partial charge is 0.390 e. The van der Waals surface area contributed by atoms with Crippen LogP contribution in [0.15, 0.2) is 12.2 Å². The predicted octanol–water partition coefficient (Wildman–Crippen LogP) is 3.15. The monoisotopic (exact) mass is 274 g/mol. The first-order chi connectivity index (χ1) is 9.74. The molecule has 4 fully saturated rings. The molecule has 2 aliphatic heterocycles. The van der Waals surface area contributed by atoms with Gasteiger partial charge in [-0.2, -0.15) is 0 Å². The zero-order chi connectivity index (χ0) is 13.5. The highest BCUT2D eigenvalue weighted by Gasteiger charge is 2.74. The van der Waals surface area contributed by atoms with Crippen molar-refractivity contribution in [2.24, 2.45) is 35.0 Å². The van der Waals surface area contributed by atoms with Crippen molar-refractivity contribution in [1.29, 1.82) is 0 Å². The van der Waals surface area contributed by atoms with Crippen LogP contribution in [0.4, 0.5) is 0 Å². The summed E-state index contributed by atoms with van der Waals surface area (Å²) in [6, 6.07) is 0.